The molecule has 21 N–H and O–H groups in total. The maximum atomic E-state index is 14.1. The average Bonchev–Trinajstić information content (AvgIpc) is 1.37. The van der Waals surface area contributed by atoms with Gasteiger partial charge in [-0.25, -0.2) is 0 Å². The molecule has 3 heterocycles. The minimum absolute atomic E-state index is 0.00282. The summed E-state index contributed by atoms with van der Waals surface area (Å²) in [6.45, 7) is 33.2. The third-order valence-electron chi connectivity index (χ3n) is 28.3. The molecule has 0 spiro atoms. The summed E-state index contributed by atoms with van der Waals surface area (Å²) >= 11 is 0. The molecular weight excluding hydrogens is 1860 g/mol. The molecule has 5 aliphatic rings. The van der Waals surface area contributed by atoms with Gasteiger partial charge in [0.05, 0.1) is 36.1 Å². The van der Waals surface area contributed by atoms with Crippen LogP contribution in [-0.2, 0) is 101 Å². The fraction of sp³-hybridized carbons (Fsp3) is 0.804. The van der Waals surface area contributed by atoms with Crippen molar-refractivity contribution in [3.8, 4) is 0 Å². The van der Waals surface area contributed by atoms with Crippen LogP contribution < -0.4 is 81.0 Å². The number of aliphatic hydroxyl groups is 3. The van der Waals surface area contributed by atoms with Crippen LogP contribution in [0.15, 0.2) is 12.7 Å². The first-order valence-electron chi connectivity index (χ1n) is 52.5. The molecule has 3 aliphatic heterocycles. The Kier molecular flexibility index (Phi) is 57.7. The maximum Gasteiger partial charge on any atom is 0.325 e. The van der Waals surface area contributed by atoms with Crippen LogP contribution in [-0.4, -0.2) is 306 Å². The molecule has 42 nitrogen and oxygen atoms in total. The lowest BCUT2D eigenvalue weighted by Crippen LogP contribution is -2.62. The number of allylic oxidation sites excluding steroid dienone is 1. The van der Waals surface area contributed by atoms with Crippen molar-refractivity contribution in [2.75, 3.05) is 60.4 Å². The number of rotatable bonds is 32. The lowest BCUT2D eigenvalue weighted by atomic mass is 9.81. The summed E-state index contributed by atoms with van der Waals surface area (Å²) in [6.07, 6.45) is 14.5. The minimum atomic E-state index is -1.49. The zero-order valence-corrected chi connectivity index (χ0v) is 89.7. The highest BCUT2D eigenvalue weighted by molar-refractivity contribution is 6.00. The number of hydrogen-bond acceptors (Lipinski definition) is 27. The molecule has 0 aromatic heterocycles. The number of likely N-dealkylation sites (N-methyl/N-ethyl adjacent to an activating group) is 3. The van der Waals surface area contributed by atoms with E-state index in [2.05, 4.69) is 98.1 Å². The molecule has 0 unspecified atom stereocenters. The molecule has 23 atom stereocenters. The molecule has 2 saturated carbocycles. The molecule has 144 heavy (non-hydrogen) atoms. The molecular formula is C102H180N18O24. The summed E-state index contributed by atoms with van der Waals surface area (Å²) in [6, 6.07) is -14.2. The number of ether oxygens (including phenoxy) is 3. The number of amides is 15. The number of carbonyl (C=O) groups is 18. The Bertz CT molecular complexity index is 4140. The zero-order chi connectivity index (χ0) is 109. The first kappa shape index (κ1) is 128. The molecule has 3 saturated heterocycles. The summed E-state index contributed by atoms with van der Waals surface area (Å²) < 4.78 is 17.3. The minimum Gasteiger partial charge on any atom is -0.460 e. The van der Waals surface area contributed by atoms with E-state index >= 15 is 0 Å². The quantitative estimate of drug-likeness (QED) is 0.0199. The van der Waals surface area contributed by atoms with E-state index in [1.807, 2.05) is 41.5 Å². The van der Waals surface area contributed by atoms with Crippen molar-refractivity contribution in [2.24, 2.45) is 75.9 Å². The number of aliphatic hydroxyl groups excluding tert-OH is 3. The fourth-order valence-corrected chi connectivity index (χ4v) is 18.6. The van der Waals surface area contributed by atoms with Gasteiger partial charge in [0.25, 0.3) is 0 Å². The first-order valence-corrected chi connectivity index (χ1v) is 52.5. The van der Waals surface area contributed by atoms with Crippen molar-refractivity contribution in [3.63, 3.8) is 0 Å². The molecule has 2 aliphatic carbocycles. The number of cyclic esters (lactones) is 3. The topological polar surface area (TPSA) is 628 Å². The predicted molar refractivity (Wildman–Crippen MR) is 542 cm³/mol. The van der Waals surface area contributed by atoms with Crippen LogP contribution in [0, 0.1) is 58.7 Å². The van der Waals surface area contributed by atoms with E-state index in [1.54, 1.807) is 47.7 Å². The average molecular weight is 2040 g/mol. The van der Waals surface area contributed by atoms with E-state index < -0.39 is 247 Å². The summed E-state index contributed by atoms with van der Waals surface area (Å²) in [5, 5.41) is 61.7. The lowest BCUT2D eigenvalue weighted by molar-refractivity contribution is -0.159. The van der Waals surface area contributed by atoms with Crippen molar-refractivity contribution in [3.05, 3.63) is 12.7 Å². The molecule has 5 rings (SSSR count). The van der Waals surface area contributed by atoms with Crippen LogP contribution in [0.3, 0.4) is 0 Å². The van der Waals surface area contributed by atoms with Gasteiger partial charge in [-0.15, -0.1) is 6.58 Å². The van der Waals surface area contributed by atoms with Crippen LogP contribution in [0.25, 0.3) is 0 Å². The Morgan fingerprint density at radius 1 is 0.389 bits per heavy atom. The maximum absolute atomic E-state index is 14.1. The number of unbranched alkanes of at least 4 members (excludes halogenated alkanes) is 5. The van der Waals surface area contributed by atoms with Gasteiger partial charge in [-0.2, -0.15) is 0 Å². The van der Waals surface area contributed by atoms with Gasteiger partial charge in [0, 0.05) is 40.8 Å². The van der Waals surface area contributed by atoms with E-state index in [9.17, 15) is 102 Å². The molecule has 0 bridgehead atoms. The number of hydrogen-bond donors (Lipinski definition) is 18. The Morgan fingerprint density at radius 2 is 0.722 bits per heavy atom. The zero-order valence-electron chi connectivity index (χ0n) is 89.7. The number of nitrogens with two attached hydrogens (primary N) is 3. The van der Waals surface area contributed by atoms with E-state index in [0.29, 0.717) is 83.5 Å². The summed E-state index contributed by atoms with van der Waals surface area (Å²) in [5.41, 5.74) is 17.4. The number of nitrogens with zero attached hydrogens (tertiary/aromatic N) is 3. The fourth-order valence-electron chi connectivity index (χ4n) is 18.6. The second-order valence-electron chi connectivity index (χ2n) is 41.7. The second kappa shape index (κ2) is 64.8. The van der Waals surface area contributed by atoms with E-state index in [1.165, 1.54) is 49.6 Å². The predicted octanol–water partition coefficient (Wildman–Crippen LogP) is 2.52. The largest absolute Gasteiger partial charge is 0.460 e. The summed E-state index contributed by atoms with van der Waals surface area (Å²) in [7, 11) is 4.63. The smallest absolute Gasteiger partial charge is 0.325 e. The summed E-state index contributed by atoms with van der Waals surface area (Å²) in [4.78, 5) is 247. The normalized spacial score (nSPS) is 28.4. The van der Waals surface area contributed by atoms with E-state index in [4.69, 9.17) is 31.4 Å². The van der Waals surface area contributed by atoms with Crippen LogP contribution >= 0.6 is 0 Å². The Hall–Kier alpha value is -10.0. The van der Waals surface area contributed by atoms with Gasteiger partial charge >= 0.3 is 17.9 Å². The Balaban J connectivity index is 0.000000555. The van der Waals surface area contributed by atoms with Gasteiger partial charge in [-0.3, -0.25) is 86.3 Å². The third kappa shape index (κ3) is 42.1. The molecule has 0 aromatic rings. The second-order valence-corrected chi connectivity index (χ2v) is 41.7. The van der Waals surface area contributed by atoms with Crippen molar-refractivity contribution in [1.29, 1.82) is 0 Å². The molecule has 822 valence electrons. The highest BCUT2D eigenvalue weighted by Gasteiger charge is 2.46. The van der Waals surface area contributed by atoms with Gasteiger partial charge in [-0.05, 0) is 152 Å². The van der Waals surface area contributed by atoms with E-state index in [0.717, 1.165) is 89.9 Å². The van der Waals surface area contributed by atoms with Crippen LogP contribution in [0.1, 0.15) is 298 Å². The number of nitrogens with one attached hydrogen (secondary N) is 12. The Morgan fingerprint density at radius 3 is 1.06 bits per heavy atom. The van der Waals surface area contributed by atoms with Crippen molar-refractivity contribution < 1.29 is 116 Å². The first-order chi connectivity index (χ1) is 67.7. The van der Waals surface area contributed by atoms with Crippen LogP contribution in [0.4, 0.5) is 0 Å². The van der Waals surface area contributed by atoms with Gasteiger partial charge in [0.15, 0.2) is 0 Å². The number of esters is 3. The van der Waals surface area contributed by atoms with Crippen LogP contribution in [0.5, 0.6) is 0 Å². The number of carbonyl (C=O) groups excluding carboxylic acids is 18. The summed E-state index contributed by atoms with van der Waals surface area (Å²) in [5.74, 6) is -15.3. The third-order valence-corrected chi connectivity index (χ3v) is 28.3. The molecule has 0 aromatic carbocycles. The van der Waals surface area contributed by atoms with Gasteiger partial charge < -0.3 is 125 Å². The van der Waals surface area contributed by atoms with Gasteiger partial charge in [0.1, 0.15) is 110 Å². The molecule has 0 radical (unpaired) electrons. The molecule has 15 amide bonds. The SMILES string of the molecule is C=CCCCC[C@H]1OC(=O)CNC(=O)[C@H]([C@H](C)O)NC(=O)[C@H](CN)NC(=O)[C@H](C2CCCCC2)NC(=O)[C@H](CC(C)C)N(C)C(=O)[C@@H]1C.CCCC(C)(C)CC[C@H]1OC(=O)CNC(=O)[C@H]([C@H](C)O)NC(=O)[C@H](CN)NC(=O)[C@H]([C@H](C)CC)NC(=O)[C@H](CC(C)C)N(C)C(=O)[C@@H]1C.CCCCCC[C@H]1OC(=O)CNC(=O)[C@H]([C@H](C)O)NC(=O)[C@H](CN)NC(=O)[C@H]([C@H](C)CC)NC(=O)[C@H](CC2CCCC2)N(C)C(=O)[C@@H]1C. The van der Waals surface area contributed by atoms with Gasteiger partial charge in [0.2, 0.25) is 88.6 Å². The Labute approximate surface area is 852 Å². The van der Waals surface area contributed by atoms with Crippen molar-refractivity contribution in [2.45, 2.75) is 407 Å². The van der Waals surface area contributed by atoms with Gasteiger partial charge in [-0.1, -0.05) is 193 Å². The van der Waals surface area contributed by atoms with Crippen molar-refractivity contribution in [1.82, 2.24) is 78.5 Å². The van der Waals surface area contributed by atoms with Crippen LogP contribution in [0.2, 0.25) is 0 Å². The highest BCUT2D eigenvalue weighted by atomic mass is 16.6. The lowest BCUT2D eigenvalue weighted by Gasteiger charge is -2.36. The highest BCUT2D eigenvalue weighted by Crippen LogP contribution is 2.35. The molecule has 5 fully saturated rings. The monoisotopic (exact) mass is 2040 g/mol. The standard InChI is InChI=1S/C34H58N6O8.C34H60N6O8.C34H62N6O8/c1-7-8-9-13-16-26-21(4)34(47)40(6)25(17-20(2)3)31(44)39-29(23-14-11-10-12-15-23)33(46)37-24(18-35)30(43)38-28(22(5)41)32(45)36-19-27(42)48-26;1-7-9-10-11-16-26-21(4)34(47)40(6)25(17-23-14-12-13-15-23)31(44)38-28(20(3)8-2)33(46)37-24(18-35)30(43)39-29(22(5)41)32(45)36-19-27(42)48-26;1-11-14-34(8,9)15-13-25-21(6)33(47)40(10)24(16-19(3)4)30(44)38-27(20(5)12-2)32(46)37-23(17-35)29(43)39-28(22(7)41)31(45)36-18-26(42)48-25/h7,20-26,28-29,41H,1,8-19,35H2,2-6H3,(H,36,45)(H,37,46)(H,38,43)(H,39,44);20-26,28-29,41H,7-19,35H2,1-6H3,(H,36,45)(H,37,46)(H,38,44)(H,39,43);19-25,27-28,41H,11-18,35H2,1-10H3,(H,36,45)(H,37,46)(H,38,44)(H,39,43)/t21-,22+,24+,25+,26-,28+,29+;20-,21-,22+,24+,25+,26-,28+,29+;20-,21-,22+,23+,24+,25-,27+,28+/m111/s1. The van der Waals surface area contributed by atoms with E-state index in [-0.39, 0.29) is 66.5 Å². The molecule has 42 heteroatoms. The van der Waals surface area contributed by atoms with Crippen molar-refractivity contribution >= 4 is 107 Å².